The maximum atomic E-state index is 13.0. The molecular weight excluding hydrogens is 368 g/mol. The molecule has 1 saturated heterocycles. The van der Waals surface area contributed by atoms with Gasteiger partial charge in [0.1, 0.15) is 30.1 Å². The summed E-state index contributed by atoms with van der Waals surface area (Å²) >= 11 is 0. The van der Waals surface area contributed by atoms with E-state index in [1.807, 2.05) is 0 Å². The van der Waals surface area contributed by atoms with Crippen molar-refractivity contribution in [2.75, 3.05) is 18.4 Å². The molecule has 1 aromatic carbocycles. The molecule has 1 atom stereocenters. The van der Waals surface area contributed by atoms with E-state index in [1.165, 1.54) is 23.4 Å². The van der Waals surface area contributed by atoms with Crippen LogP contribution in [0.25, 0.3) is 11.3 Å². The van der Waals surface area contributed by atoms with E-state index in [2.05, 4.69) is 20.0 Å². The van der Waals surface area contributed by atoms with Crippen molar-refractivity contribution < 1.29 is 27.1 Å². The largest absolute Gasteiger partial charge is 0.522 e. The third-order valence-electron chi connectivity index (χ3n) is 4.00. The summed E-state index contributed by atoms with van der Waals surface area (Å²) in [6, 6.07) is 6.64. The summed E-state index contributed by atoms with van der Waals surface area (Å²) in [5.74, 6) is -0.361. The Labute approximate surface area is 152 Å². The van der Waals surface area contributed by atoms with Gasteiger partial charge in [-0.15, -0.1) is 13.2 Å². The molecule has 6 nitrogen and oxygen atoms in total. The van der Waals surface area contributed by atoms with Crippen molar-refractivity contribution in [1.29, 1.82) is 0 Å². The third kappa shape index (κ3) is 4.91. The first-order valence-electron chi connectivity index (χ1n) is 8.09. The average molecular weight is 384 g/mol. The van der Waals surface area contributed by atoms with Gasteiger partial charge in [-0.1, -0.05) is 0 Å². The number of ether oxygens (including phenoxy) is 1. The van der Waals surface area contributed by atoms with Crippen LogP contribution in [0.3, 0.4) is 0 Å². The van der Waals surface area contributed by atoms with Gasteiger partial charge in [-0.2, -0.15) is 0 Å². The Balaban J connectivity index is 1.58. The minimum absolute atomic E-state index is 0.116. The Morgan fingerprint density at radius 3 is 2.56 bits per heavy atom. The normalized spacial score (nSPS) is 16.0. The summed E-state index contributed by atoms with van der Waals surface area (Å²) in [6.45, 7) is 1.35. The number of amides is 1. The van der Waals surface area contributed by atoms with Crippen molar-refractivity contribution in [2.45, 2.75) is 25.4 Å². The van der Waals surface area contributed by atoms with Gasteiger partial charge in [0.15, 0.2) is 0 Å². The average Bonchev–Trinajstić information content (AvgIpc) is 2.57. The molecule has 1 fully saturated rings. The molecule has 0 bridgehead atoms. The van der Waals surface area contributed by atoms with Crippen LogP contribution in [0, 0.1) is 5.82 Å². The maximum Gasteiger partial charge on any atom is 0.522 e. The highest BCUT2D eigenvalue weighted by Crippen LogP contribution is 2.24. The monoisotopic (exact) mass is 384 g/mol. The van der Waals surface area contributed by atoms with Gasteiger partial charge in [0.2, 0.25) is 5.91 Å². The SMILES string of the molecule is C[C@@H](Nc1cc(-c2ccc(F)cc2)ncn1)C(=O)N1CC(OC(F)(F)F)C1. The molecule has 1 amide bonds. The number of hydrogen-bond donors (Lipinski definition) is 1. The number of rotatable bonds is 5. The van der Waals surface area contributed by atoms with Crippen LogP contribution in [-0.4, -0.2) is 52.4 Å². The van der Waals surface area contributed by atoms with Gasteiger partial charge in [-0.3, -0.25) is 9.53 Å². The van der Waals surface area contributed by atoms with Gasteiger partial charge in [0.25, 0.3) is 0 Å². The molecule has 144 valence electrons. The van der Waals surface area contributed by atoms with Crippen LogP contribution in [0.2, 0.25) is 0 Å². The van der Waals surface area contributed by atoms with E-state index in [0.29, 0.717) is 17.1 Å². The number of halogens is 4. The first kappa shape index (κ1) is 19.0. The topological polar surface area (TPSA) is 67.4 Å². The minimum atomic E-state index is -4.71. The molecule has 1 aliphatic heterocycles. The van der Waals surface area contributed by atoms with E-state index in [1.54, 1.807) is 25.1 Å². The molecule has 0 unspecified atom stereocenters. The fourth-order valence-corrected chi connectivity index (χ4v) is 2.65. The molecule has 0 saturated carbocycles. The Morgan fingerprint density at radius 1 is 1.26 bits per heavy atom. The number of alkyl halides is 3. The van der Waals surface area contributed by atoms with Crippen LogP contribution in [0.5, 0.6) is 0 Å². The van der Waals surface area contributed by atoms with E-state index in [-0.39, 0.29) is 24.8 Å². The van der Waals surface area contributed by atoms with E-state index in [9.17, 15) is 22.4 Å². The smallest absolute Gasteiger partial charge is 0.359 e. The standard InChI is InChI=1S/C17H16F4N4O2/c1-10(16(26)25-7-13(8-25)27-17(19,20)21)24-15-6-14(22-9-23-15)11-2-4-12(18)5-3-11/h2-6,9-10,13H,7-8H2,1H3,(H,22,23,24)/t10-/m1/s1. The molecule has 3 rings (SSSR count). The number of carbonyl (C=O) groups is 1. The molecule has 1 aliphatic rings. The van der Waals surface area contributed by atoms with Crippen molar-refractivity contribution in [3.63, 3.8) is 0 Å². The Hall–Kier alpha value is -2.75. The summed E-state index contributed by atoms with van der Waals surface area (Å²) in [6.07, 6.45) is -4.44. The number of nitrogens with one attached hydrogen (secondary N) is 1. The molecule has 1 aromatic heterocycles. The summed E-state index contributed by atoms with van der Waals surface area (Å²) in [7, 11) is 0. The highest BCUT2D eigenvalue weighted by Gasteiger charge is 2.41. The zero-order valence-electron chi connectivity index (χ0n) is 14.2. The van der Waals surface area contributed by atoms with Crippen molar-refractivity contribution >= 4 is 11.7 Å². The van der Waals surface area contributed by atoms with Crippen LogP contribution in [-0.2, 0) is 9.53 Å². The highest BCUT2D eigenvalue weighted by atomic mass is 19.4. The molecule has 2 aromatic rings. The van der Waals surface area contributed by atoms with E-state index < -0.39 is 18.5 Å². The molecule has 10 heteroatoms. The van der Waals surface area contributed by atoms with Gasteiger partial charge in [-0.05, 0) is 31.2 Å². The van der Waals surface area contributed by atoms with Gasteiger partial charge in [-0.25, -0.2) is 14.4 Å². The first-order valence-corrected chi connectivity index (χ1v) is 8.09. The van der Waals surface area contributed by atoms with Crippen LogP contribution < -0.4 is 5.32 Å². The molecular formula is C17H16F4N4O2. The van der Waals surface area contributed by atoms with E-state index in [4.69, 9.17) is 0 Å². The lowest BCUT2D eigenvalue weighted by atomic mass is 10.1. The van der Waals surface area contributed by atoms with E-state index in [0.717, 1.165) is 0 Å². The van der Waals surface area contributed by atoms with Crippen molar-refractivity contribution in [2.24, 2.45) is 0 Å². The predicted octanol–water partition coefficient (Wildman–Crippen LogP) is 2.83. The van der Waals surface area contributed by atoms with Crippen molar-refractivity contribution in [1.82, 2.24) is 14.9 Å². The number of hydrogen-bond acceptors (Lipinski definition) is 5. The van der Waals surface area contributed by atoms with Gasteiger partial charge in [0, 0.05) is 24.7 Å². The summed E-state index contributed by atoms with van der Waals surface area (Å²) in [4.78, 5) is 21.7. The van der Waals surface area contributed by atoms with Crippen molar-refractivity contribution in [3.8, 4) is 11.3 Å². The lowest BCUT2D eigenvalue weighted by Gasteiger charge is -2.40. The zero-order valence-corrected chi connectivity index (χ0v) is 14.2. The second-order valence-corrected chi connectivity index (χ2v) is 6.09. The summed E-state index contributed by atoms with van der Waals surface area (Å²) in [5.41, 5.74) is 1.21. The molecule has 0 aliphatic carbocycles. The number of likely N-dealkylation sites (tertiary alicyclic amines) is 1. The van der Waals surface area contributed by atoms with Gasteiger partial charge >= 0.3 is 6.36 Å². The maximum absolute atomic E-state index is 13.0. The fourth-order valence-electron chi connectivity index (χ4n) is 2.65. The van der Waals surface area contributed by atoms with Crippen LogP contribution in [0.4, 0.5) is 23.4 Å². The van der Waals surface area contributed by atoms with E-state index >= 15 is 0 Å². The van der Waals surface area contributed by atoms with Crippen molar-refractivity contribution in [3.05, 3.63) is 42.5 Å². The number of carbonyl (C=O) groups excluding carboxylic acids is 1. The molecule has 1 N–H and O–H groups in total. The Bertz CT molecular complexity index is 807. The molecule has 2 heterocycles. The van der Waals surface area contributed by atoms with Crippen LogP contribution in [0.15, 0.2) is 36.7 Å². The lowest BCUT2D eigenvalue weighted by molar-refractivity contribution is -0.353. The summed E-state index contributed by atoms with van der Waals surface area (Å²) < 4.78 is 53.3. The molecule has 0 spiro atoms. The predicted molar refractivity (Wildman–Crippen MR) is 88.0 cm³/mol. The first-order chi connectivity index (χ1) is 12.7. The lowest BCUT2D eigenvalue weighted by Crippen LogP contribution is -2.59. The number of benzene rings is 1. The number of anilines is 1. The fraction of sp³-hybridized carbons (Fsp3) is 0.353. The number of aromatic nitrogens is 2. The second-order valence-electron chi connectivity index (χ2n) is 6.09. The molecule has 27 heavy (non-hydrogen) atoms. The van der Waals surface area contributed by atoms with Crippen LogP contribution >= 0.6 is 0 Å². The second kappa shape index (κ2) is 7.47. The zero-order chi connectivity index (χ0) is 19.6. The highest BCUT2D eigenvalue weighted by molar-refractivity contribution is 5.85. The van der Waals surface area contributed by atoms with Crippen LogP contribution in [0.1, 0.15) is 6.92 Å². The quantitative estimate of drug-likeness (QED) is 0.803. The third-order valence-corrected chi connectivity index (χ3v) is 4.00. The number of nitrogens with zero attached hydrogens (tertiary/aromatic N) is 3. The Kier molecular flexibility index (Phi) is 5.26. The summed E-state index contributed by atoms with van der Waals surface area (Å²) in [5, 5.41) is 2.90. The Morgan fingerprint density at radius 2 is 1.93 bits per heavy atom. The minimum Gasteiger partial charge on any atom is -0.359 e. The molecule has 0 radical (unpaired) electrons. The van der Waals surface area contributed by atoms with Gasteiger partial charge in [0.05, 0.1) is 5.69 Å². The van der Waals surface area contributed by atoms with Gasteiger partial charge < -0.3 is 10.2 Å².